The smallest absolute Gasteiger partial charge is 0.326 e. The van der Waals surface area contributed by atoms with Gasteiger partial charge in [0.2, 0.25) is 0 Å². The van der Waals surface area contributed by atoms with Crippen LogP contribution in [0.2, 0.25) is 0 Å². The number of benzene rings is 3. The molecule has 0 atom stereocenters. The van der Waals surface area contributed by atoms with Crippen LogP contribution in [0.1, 0.15) is 57.8 Å². The third-order valence-electron chi connectivity index (χ3n) is 6.24. The highest BCUT2D eigenvalue weighted by molar-refractivity contribution is 7.91. The lowest BCUT2D eigenvalue weighted by Gasteiger charge is -2.31. The van der Waals surface area contributed by atoms with Crippen molar-refractivity contribution >= 4 is 43.6 Å². The summed E-state index contributed by atoms with van der Waals surface area (Å²) < 4.78 is 58.7. The Bertz CT molecular complexity index is 1720. The average Bonchev–Trinajstić information content (AvgIpc) is 3.76. The lowest BCUT2D eigenvalue weighted by molar-refractivity contribution is 0.0833. The van der Waals surface area contributed by atoms with Gasteiger partial charge < -0.3 is 10.1 Å². The van der Waals surface area contributed by atoms with Crippen LogP contribution in [0.4, 0.5) is 5.69 Å². The first kappa shape index (κ1) is 30.5. The van der Waals surface area contributed by atoms with Crippen molar-refractivity contribution in [2.24, 2.45) is 0 Å². The second kappa shape index (κ2) is 12.2. The molecule has 3 aromatic rings. The second-order valence-electron chi connectivity index (χ2n) is 9.75. The summed E-state index contributed by atoms with van der Waals surface area (Å²) in [7, 11) is -6.43. The Morgan fingerprint density at radius 1 is 0.952 bits per heavy atom. The summed E-state index contributed by atoms with van der Waals surface area (Å²) in [5, 5.41) is 2.82. The van der Waals surface area contributed by atoms with Crippen LogP contribution in [0.25, 0.3) is 0 Å². The number of sulfonamides is 1. The number of hydrogen-bond donors (Lipinski definition) is 3. The summed E-state index contributed by atoms with van der Waals surface area (Å²) in [5.74, 6) is -1.25. The third kappa shape index (κ3) is 6.89. The number of hydrogen-bond acceptors (Lipinski definition) is 8. The zero-order valence-electron chi connectivity index (χ0n) is 23.0. The molecule has 3 N–H and O–H groups in total. The summed E-state index contributed by atoms with van der Waals surface area (Å²) in [6.45, 7) is 3.32. The monoisotopic (exact) mass is 614 g/mol. The van der Waals surface area contributed by atoms with Crippen LogP contribution in [-0.2, 0) is 20.2 Å². The fourth-order valence-electron chi connectivity index (χ4n) is 4.04. The second-order valence-corrected chi connectivity index (χ2v) is 13.0. The molecule has 0 spiro atoms. The van der Waals surface area contributed by atoms with Crippen LogP contribution in [0, 0.1) is 0 Å². The highest BCUT2D eigenvalue weighted by Crippen LogP contribution is 2.27. The van der Waals surface area contributed by atoms with Gasteiger partial charge in [0.15, 0.2) is 0 Å². The number of nitrogens with zero attached hydrogens (tertiary/aromatic N) is 1. The molecule has 3 aromatic carbocycles. The third-order valence-corrected chi connectivity index (χ3v) is 9.17. The lowest BCUT2D eigenvalue weighted by atomic mass is 10.1. The number of amides is 3. The minimum atomic E-state index is -4.07. The number of para-hydroxylation sites is 2. The highest BCUT2D eigenvalue weighted by atomic mass is 32.2. The molecule has 0 saturated heterocycles. The van der Waals surface area contributed by atoms with E-state index in [2.05, 4.69) is 10.0 Å². The van der Waals surface area contributed by atoms with Gasteiger partial charge in [0.25, 0.3) is 27.7 Å². The molecule has 2 aliphatic rings. The Labute approximate surface area is 244 Å². The Hall–Kier alpha value is -4.43. The molecule has 14 heteroatoms. The van der Waals surface area contributed by atoms with E-state index in [1.54, 1.807) is 56.3 Å². The van der Waals surface area contributed by atoms with Gasteiger partial charge in [0.1, 0.15) is 5.75 Å². The van der Waals surface area contributed by atoms with E-state index in [1.807, 2.05) is 4.72 Å². The molecule has 12 nitrogen and oxygen atoms in total. The van der Waals surface area contributed by atoms with Gasteiger partial charge in [-0.1, -0.05) is 24.3 Å². The van der Waals surface area contributed by atoms with E-state index in [1.165, 1.54) is 37.4 Å². The number of carbonyl (C=O) groups is 3. The fraction of sp³-hybridized carbons (Fsp3) is 0.250. The fourth-order valence-corrected chi connectivity index (χ4v) is 6.43. The number of rotatable bonds is 7. The largest absolute Gasteiger partial charge is 0.496 e. The van der Waals surface area contributed by atoms with E-state index < -0.39 is 38.1 Å². The van der Waals surface area contributed by atoms with Gasteiger partial charge in [0, 0.05) is 17.6 Å². The van der Waals surface area contributed by atoms with Crippen molar-refractivity contribution < 1.29 is 36.0 Å². The Balaban J connectivity index is 0.000000216. The summed E-state index contributed by atoms with van der Waals surface area (Å²) in [6.07, 6.45) is 1.93. The molecule has 0 unspecified atom stereocenters. The van der Waals surface area contributed by atoms with Crippen molar-refractivity contribution in [2.75, 3.05) is 11.8 Å². The molecule has 3 amide bonds. The van der Waals surface area contributed by atoms with Crippen molar-refractivity contribution in [1.82, 2.24) is 14.3 Å². The Morgan fingerprint density at radius 2 is 1.57 bits per heavy atom. The van der Waals surface area contributed by atoms with Gasteiger partial charge in [-0.3, -0.25) is 19.1 Å². The maximum absolute atomic E-state index is 12.4. The van der Waals surface area contributed by atoms with Crippen LogP contribution in [-0.4, -0.2) is 58.1 Å². The lowest BCUT2D eigenvalue weighted by Crippen LogP contribution is -2.48. The number of carbonyl (C=O) groups excluding carboxylic acids is 3. The van der Waals surface area contributed by atoms with Crippen LogP contribution >= 0.6 is 0 Å². The van der Waals surface area contributed by atoms with Crippen molar-refractivity contribution in [3.05, 3.63) is 89.5 Å². The standard InChI is InChI=1S/C18H18N2O5S.C10H12N2O3S/c1-25-16-5-3-2-4-15(16)18(22)20-26(23,24)14-10-6-12(7-11-14)17(21)19-13-8-9-13;1-7(2)12-10(13)8-5-3-4-6-9(8)11-16(12,14)15/h2-7,10-11,13H,8-9H2,1H3,(H,19,21)(H,20,22);3-7,11H,1-2H3. The van der Waals surface area contributed by atoms with Crippen molar-refractivity contribution in [3.63, 3.8) is 0 Å². The van der Waals surface area contributed by atoms with Gasteiger partial charge in [-0.25, -0.2) is 17.4 Å². The van der Waals surface area contributed by atoms with E-state index in [0.29, 0.717) is 16.8 Å². The molecular weight excluding hydrogens is 584 g/mol. The van der Waals surface area contributed by atoms with E-state index >= 15 is 0 Å². The van der Waals surface area contributed by atoms with Gasteiger partial charge in [-0.15, -0.1) is 0 Å². The van der Waals surface area contributed by atoms with Gasteiger partial charge >= 0.3 is 10.2 Å². The van der Waals surface area contributed by atoms with Crippen molar-refractivity contribution in [3.8, 4) is 5.75 Å². The number of methoxy groups -OCH3 is 1. The Morgan fingerprint density at radius 3 is 2.19 bits per heavy atom. The first-order chi connectivity index (χ1) is 19.8. The van der Waals surface area contributed by atoms with Crippen LogP contribution < -0.4 is 19.5 Å². The number of fused-ring (bicyclic) bond motifs is 1. The quantitative estimate of drug-likeness (QED) is 0.365. The highest BCUT2D eigenvalue weighted by Gasteiger charge is 2.37. The normalized spacial score (nSPS) is 15.4. The van der Waals surface area contributed by atoms with Crippen molar-refractivity contribution in [1.29, 1.82) is 0 Å². The number of ether oxygens (including phenoxy) is 1. The zero-order valence-corrected chi connectivity index (χ0v) is 24.7. The van der Waals surface area contributed by atoms with E-state index in [4.69, 9.17) is 4.74 Å². The van der Waals surface area contributed by atoms with Gasteiger partial charge in [-0.2, -0.15) is 8.42 Å². The molecule has 1 fully saturated rings. The minimum absolute atomic E-state index is 0.108. The molecule has 1 heterocycles. The summed E-state index contributed by atoms with van der Waals surface area (Å²) >= 11 is 0. The molecule has 0 radical (unpaired) electrons. The first-order valence-corrected chi connectivity index (χ1v) is 15.8. The molecule has 222 valence electrons. The maximum Gasteiger partial charge on any atom is 0.326 e. The molecular formula is C28H30N4O8S2. The molecule has 0 bridgehead atoms. The minimum Gasteiger partial charge on any atom is -0.496 e. The first-order valence-electron chi connectivity index (χ1n) is 12.9. The molecule has 1 aliphatic carbocycles. The summed E-state index contributed by atoms with van der Waals surface area (Å²) in [6, 6.07) is 18.1. The summed E-state index contributed by atoms with van der Waals surface area (Å²) in [4.78, 5) is 36.1. The summed E-state index contributed by atoms with van der Waals surface area (Å²) in [5.41, 5.74) is 1.20. The predicted molar refractivity (Wildman–Crippen MR) is 155 cm³/mol. The van der Waals surface area contributed by atoms with E-state index in [0.717, 1.165) is 17.1 Å². The molecule has 5 rings (SSSR count). The van der Waals surface area contributed by atoms with Gasteiger partial charge in [-0.05, 0) is 75.2 Å². The topological polar surface area (TPSA) is 168 Å². The predicted octanol–water partition coefficient (Wildman–Crippen LogP) is 2.91. The van der Waals surface area contributed by atoms with E-state index in [9.17, 15) is 31.2 Å². The molecule has 42 heavy (non-hydrogen) atoms. The van der Waals surface area contributed by atoms with Crippen molar-refractivity contribution in [2.45, 2.75) is 43.7 Å². The number of anilines is 1. The molecule has 0 aromatic heterocycles. The molecule has 1 saturated carbocycles. The zero-order chi connectivity index (χ0) is 30.7. The van der Waals surface area contributed by atoms with Crippen LogP contribution in [0.3, 0.4) is 0 Å². The Kier molecular flexibility index (Phi) is 8.87. The maximum atomic E-state index is 12.4. The number of nitrogens with one attached hydrogen (secondary N) is 3. The van der Waals surface area contributed by atoms with Gasteiger partial charge in [0.05, 0.1) is 28.8 Å². The molecule has 1 aliphatic heterocycles. The van der Waals surface area contributed by atoms with Crippen LogP contribution in [0.5, 0.6) is 5.75 Å². The van der Waals surface area contributed by atoms with E-state index in [-0.39, 0.29) is 28.2 Å². The SMILES string of the molecule is CC(C)N1C(=O)c2ccccc2NS1(=O)=O.COc1ccccc1C(=O)NS(=O)(=O)c1ccc(C(=O)NC2CC2)cc1. The van der Waals surface area contributed by atoms with Crippen LogP contribution in [0.15, 0.2) is 77.7 Å². The average molecular weight is 615 g/mol.